The number of rotatable bonds is 5. The summed E-state index contributed by atoms with van der Waals surface area (Å²) in [6, 6.07) is 9.74. The van der Waals surface area contributed by atoms with Crippen LogP contribution >= 0.6 is 0 Å². The molecule has 0 radical (unpaired) electrons. The Morgan fingerprint density at radius 3 is 2.91 bits per heavy atom. The van der Waals surface area contributed by atoms with Crippen LogP contribution in [0.25, 0.3) is 11.3 Å². The lowest BCUT2D eigenvalue weighted by molar-refractivity contribution is -0.116. The summed E-state index contributed by atoms with van der Waals surface area (Å²) in [7, 11) is 0. The zero-order chi connectivity index (χ0) is 15.2. The number of benzene rings is 1. The molecule has 116 valence electrons. The van der Waals surface area contributed by atoms with E-state index < -0.39 is 0 Å². The molecule has 3 rings (SSSR count). The molecule has 0 atom stereocenters. The number of H-pyrrole nitrogens is 1. The second kappa shape index (κ2) is 7.22. The summed E-state index contributed by atoms with van der Waals surface area (Å²) >= 11 is 0. The maximum atomic E-state index is 12.1. The first-order valence-electron chi connectivity index (χ1n) is 7.91. The maximum Gasteiger partial charge on any atom is 0.224 e. The number of amides is 1. The highest BCUT2D eigenvalue weighted by atomic mass is 16.1. The monoisotopic (exact) mass is 298 g/mol. The number of hydrogen-bond acceptors (Lipinski definition) is 3. The van der Waals surface area contributed by atoms with Gasteiger partial charge in [-0.25, -0.2) is 0 Å². The fourth-order valence-electron chi connectivity index (χ4n) is 2.91. The third kappa shape index (κ3) is 3.95. The van der Waals surface area contributed by atoms with Crippen molar-refractivity contribution in [1.29, 1.82) is 0 Å². The number of anilines is 1. The van der Waals surface area contributed by atoms with Crippen molar-refractivity contribution in [2.45, 2.75) is 25.7 Å². The van der Waals surface area contributed by atoms with Gasteiger partial charge in [0, 0.05) is 23.9 Å². The predicted molar refractivity (Wildman–Crippen MR) is 87.5 cm³/mol. The number of carbonyl (C=O) groups excluding carboxylic acids is 1. The van der Waals surface area contributed by atoms with Crippen LogP contribution in [-0.4, -0.2) is 29.2 Å². The van der Waals surface area contributed by atoms with E-state index in [0.717, 1.165) is 36.5 Å². The molecule has 0 unspecified atom stereocenters. The van der Waals surface area contributed by atoms with Crippen LogP contribution in [0, 0.1) is 5.92 Å². The Balaban J connectivity index is 1.54. The van der Waals surface area contributed by atoms with Gasteiger partial charge in [-0.1, -0.05) is 12.1 Å². The van der Waals surface area contributed by atoms with Gasteiger partial charge in [0.1, 0.15) is 0 Å². The van der Waals surface area contributed by atoms with E-state index in [1.54, 1.807) is 6.20 Å². The Bertz CT molecular complexity index is 603. The molecule has 2 aromatic rings. The Kier molecular flexibility index (Phi) is 4.85. The summed E-state index contributed by atoms with van der Waals surface area (Å²) in [4.78, 5) is 12.1. The smallest absolute Gasteiger partial charge is 0.224 e. The Morgan fingerprint density at radius 1 is 1.27 bits per heavy atom. The average molecular weight is 298 g/mol. The third-order valence-electron chi connectivity index (χ3n) is 4.20. The topological polar surface area (TPSA) is 69.8 Å². The number of carbonyl (C=O) groups is 1. The lowest BCUT2D eigenvalue weighted by Gasteiger charge is -2.22. The largest absolute Gasteiger partial charge is 0.326 e. The molecule has 0 saturated carbocycles. The fraction of sp³-hybridized carbons (Fsp3) is 0.412. The summed E-state index contributed by atoms with van der Waals surface area (Å²) in [5.74, 6) is 0.781. The molecule has 1 aliphatic heterocycles. The molecular formula is C17H22N4O. The van der Waals surface area contributed by atoms with E-state index in [4.69, 9.17) is 0 Å². The van der Waals surface area contributed by atoms with Crippen molar-refractivity contribution in [3.63, 3.8) is 0 Å². The van der Waals surface area contributed by atoms with Crippen LogP contribution in [0.3, 0.4) is 0 Å². The van der Waals surface area contributed by atoms with Gasteiger partial charge >= 0.3 is 0 Å². The van der Waals surface area contributed by atoms with Crippen molar-refractivity contribution in [3.8, 4) is 11.3 Å². The molecule has 0 spiro atoms. The van der Waals surface area contributed by atoms with E-state index in [9.17, 15) is 4.79 Å². The van der Waals surface area contributed by atoms with Gasteiger partial charge in [0.15, 0.2) is 0 Å². The lowest BCUT2D eigenvalue weighted by atomic mass is 9.93. The van der Waals surface area contributed by atoms with Crippen LogP contribution in [0.5, 0.6) is 0 Å². The summed E-state index contributed by atoms with van der Waals surface area (Å²) in [5.41, 5.74) is 2.81. The van der Waals surface area contributed by atoms with Gasteiger partial charge in [0.05, 0.1) is 5.69 Å². The standard InChI is InChI=1S/C17H22N4O/c22-17(5-4-13-6-9-18-10-7-13)20-15-3-1-2-14(12-15)16-8-11-19-21-16/h1-3,8,11-13,18H,4-7,9-10H2,(H,19,21)(H,20,22). The molecule has 22 heavy (non-hydrogen) atoms. The summed E-state index contributed by atoms with van der Waals surface area (Å²) < 4.78 is 0. The summed E-state index contributed by atoms with van der Waals surface area (Å²) in [6.45, 7) is 2.16. The number of nitrogens with one attached hydrogen (secondary N) is 3. The zero-order valence-electron chi connectivity index (χ0n) is 12.6. The van der Waals surface area contributed by atoms with Crippen LogP contribution in [0.2, 0.25) is 0 Å². The molecule has 1 aliphatic rings. The first-order chi connectivity index (χ1) is 10.8. The van der Waals surface area contributed by atoms with Crippen LogP contribution in [0.4, 0.5) is 5.69 Å². The van der Waals surface area contributed by atoms with E-state index in [0.29, 0.717) is 12.3 Å². The van der Waals surface area contributed by atoms with Crippen LogP contribution in [-0.2, 0) is 4.79 Å². The molecule has 0 aliphatic carbocycles. The third-order valence-corrected chi connectivity index (χ3v) is 4.20. The molecule has 5 nitrogen and oxygen atoms in total. The van der Waals surface area contributed by atoms with Crippen LogP contribution in [0.15, 0.2) is 36.5 Å². The lowest BCUT2D eigenvalue weighted by Crippen LogP contribution is -2.28. The van der Waals surface area contributed by atoms with Crippen molar-refractivity contribution in [2.75, 3.05) is 18.4 Å². The van der Waals surface area contributed by atoms with E-state index in [1.807, 2.05) is 30.3 Å². The minimum absolute atomic E-state index is 0.0975. The van der Waals surface area contributed by atoms with Gasteiger partial charge in [0.25, 0.3) is 0 Å². The number of aromatic amines is 1. The number of aromatic nitrogens is 2. The summed E-state index contributed by atoms with van der Waals surface area (Å²) in [6.07, 6.45) is 5.66. The average Bonchev–Trinajstić information content (AvgIpc) is 3.09. The molecule has 0 bridgehead atoms. The number of nitrogens with zero attached hydrogens (tertiary/aromatic N) is 1. The van der Waals surface area contributed by atoms with Gasteiger partial charge in [-0.3, -0.25) is 9.89 Å². The van der Waals surface area contributed by atoms with Crippen molar-refractivity contribution < 1.29 is 4.79 Å². The van der Waals surface area contributed by atoms with Crippen LogP contribution in [0.1, 0.15) is 25.7 Å². The fourth-order valence-corrected chi connectivity index (χ4v) is 2.91. The molecule has 1 aromatic carbocycles. The molecule has 2 heterocycles. The zero-order valence-corrected chi connectivity index (χ0v) is 12.6. The minimum atomic E-state index is 0.0975. The molecule has 5 heteroatoms. The Hall–Kier alpha value is -2.14. The Labute approximate surface area is 130 Å². The van der Waals surface area contributed by atoms with Crippen molar-refractivity contribution >= 4 is 11.6 Å². The molecule has 3 N–H and O–H groups in total. The normalized spacial score (nSPS) is 15.6. The highest BCUT2D eigenvalue weighted by Gasteiger charge is 2.14. The van der Waals surface area contributed by atoms with Gasteiger partial charge in [-0.05, 0) is 56.5 Å². The van der Waals surface area contributed by atoms with E-state index in [-0.39, 0.29) is 5.91 Å². The maximum absolute atomic E-state index is 12.1. The van der Waals surface area contributed by atoms with E-state index in [1.165, 1.54) is 12.8 Å². The van der Waals surface area contributed by atoms with Crippen molar-refractivity contribution in [3.05, 3.63) is 36.5 Å². The SMILES string of the molecule is O=C(CCC1CCNCC1)Nc1cccc(-c2ccn[nH]2)c1. The van der Waals surface area contributed by atoms with E-state index >= 15 is 0 Å². The number of piperidine rings is 1. The quantitative estimate of drug-likeness (QED) is 0.795. The van der Waals surface area contributed by atoms with Gasteiger partial charge in [-0.2, -0.15) is 5.10 Å². The first kappa shape index (κ1) is 14.8. The van der Waals surface area contributed by atoms with E-state index in [2.05, 4.69) is 20.8 Å². The van der Waals surface area contributed by atoms with Crippen molar-refractivity contribution in [1.82, 2.24) is 15.5 Å². The molecule has 1 amide bonds. The van der Waals surface area contributed by atoms with Crippen molar-refractivity contribution in [2.24, 2.45) is 5.92 Å². The summed E-state index contributed by atoms with van der Waals surface area (Å²) in [5, 5.41) is 13.2. The number of hydrogen-bond donors (Lipinski definition) is 3. The minimum Gasteiger partial charge on any atom is -0.326 e. The molecule has 1 saturated heterocycles. The molecular weight excluding hydrogens is 276 g/mol. The highest BCUT2D eigenvalue weighted by Crippen LogP contribution is 2.21. The second-order valence-electron chi connectivity index (χ2n) is 5.83. The van der Waals surface area contributed by atoms with Gasteiger partial charge in [0.2, 0.25) is 5.91 Å². The molecule has 1 aromatic heterocycles. The van der Waals surface area contributed by atoms with Gasteiger partial charge < -0.3 is 10.6 Å². The van der Waals surface area contributed by atoms with Crippen LogP contribution < -0.4 is 10.6 Å². The highest BCUT2D eigenvalue weighted by molar-refractivity contribution is 5.91. The predicted octanol–water partition coefficient (Wildman–Crippen LogP) is 2.80. The second-order valence-corrected chi connectivity index (χ2v) is 5.83. The first-order valence-corrected chi connectivity index (χ1v) is 7.91. The van der Waals surface area contributed by atoms with Gasteiger partial charge in [-0.15, -0.1) is 0 Å². The molecule has 1 fully saturated rings. The Morgan fingerprint density at radius 2 is 2.14 bits per heavy atom.